The van der Waals surface area contributed by atoms with Gasteiger partial charge >= 0.3 is 0 Å². The highest BCUT2D eigenvalue weighted by atomic mass is 32.2. The Bertz CT molecular complexity index is 1120. The minimum absolute atomic E-state index is 0.0965. The zero-order valence-electron chi connectivity index (χ0n) is 22.4. The van der Waals surface area contributed by atoms with Crippen molar-refractivity contribution < 1.29 is 22.7 Å². The van der Waals surface area contributed by atoms with Crippen LogP contribution in [-0.4, -0.2) is 57.6 Å². The second-order valence-corrected chi connectivity index (χ2v) is 11.8. The number of ether oxygens (including phenoxy) is 1. The van der Waals surface area contributed by atoms with E-state index in [4.69, 9.17) is 4.74 Å². The number of anilines is 1. The van der Waals surface area contributed by atoms with Crippen molar-refractivity contribution in [2.45, 2.75) is 59.0 Å². The number of nitrogens with one attached hydrogen (secondary N) is 1. The standard InChI is InChI=1S/C27H39N3O5S/c1-8-17-28-26(32)20(2)29(18-21-9-15-24(35-6)16-10-21)25(31)19-30(36(7,33)34)23-13-11-22(12-14-23)27(3,4)5/h9-16,20H,8,17-19H2,1-7H3,(H,28,32). The Morgan fingerprint density at radius 2 is 1.61 bits per heavy atom. The van der Waals surface area contributed by atoms with Crippen molar-refractivity contribution >= 4 is 27.5 Å². The summed E-state index contributed by atoms with van der Waals surface area (Å²) in [6.45, 7) is 10.0. The predicted molar refractivity (Wildman–Crippen MR) is 144 cm³/mol. The second kappa shape index (κ2) is 12.3. The summed E-state index contributed by atoms with van der Waals surface area (Å²) in [4.78, 5) is 27.7. The average Bonchev–Trinajstić information content (AvgIpc) is 2.83. The van der Waals surface area contributed by atoms with Crippen LogP contribution in [0.2, 0.25) is 0 Å². The van der Waals surface area contributed by atoms with Gasteiger partial charge < -0.3 is 15.0 Å². The summed E-state index contributed by atoms with van der Waals surface area (Å²) in [7, 11) is -2.20. The van der Waals surface area contributed by atoms with Crippen molar-refractivity contribution in [1.82, 2.24) is 10.2 Å². The number of carbonyl (C=O) groups excluding carboxylic acids is 2. The van der Waals surface area contributed by atoms with Crippen LogP contribution in [0.4, 0.5) is 5.69 Å². The van der Waals surface area contributed by atoms with E-state index < -0.39 is 28.5 Å². The molecule has 1 N–H and O–H groups in total. The van der Waals surface area contributed by atoms with Gasteiger partial charge in [-0.25, -0.2) is 8.42 Å². The Hall–Kier alpha value is -3.07. The Morgan fingerprint density at radius 3 is 2.08 bits per heavy atom. The van der Waals surface area contributed by atoms with Crippen LogP contribution in [0, 0.1) is 0 Å². The smallest absolute Gasteiger partial charge is 0.244 e. The van der Waals surface area contributed by atoms with E-state index in [1.54, 1.807) is 38.3 Å². The van der Waals surface area contributed by atoms with E-state index in [1.807, 2.05) is 31.2 Å². The molecule has 2 aromatic carbocycles. The van der Waals surface area contributed by atoms with Crippen LogP contribution in [0.3, 0.4) is 0 Å². The molecule has 0 aliphatic rings. The van der Waals surface area contributed by atoms with E-state index in [0.717, 1.165) is 28.1 Å². The van der Waals surface area contributed by atoms with E-state index in [9.17, 15) is 18.0 Å². The third kappa shape index (κ3) is 7.98. The monoisotopic (exact) mass is 517 g/mol. The lowest BCUT2D eigenvalue weighted by atomic mass is 9.87. The van der Waals surface area contributed by atoms with E-state index in [-0.39, 0.29) is 17.9 Å². The van der Waals surface area contributed by atoms with Crippen molar-refractivity contribution in [2.24, 2.45) is 0 Å². The highest BCUT2D eigenvalue weighted by Crippen LogP contribution is 2.26. The number of hydrogen-bond acceptors (Lipinski definition) is 5. The fourth-order valence-corrected chi connectivity index (χ4v) is 4.50. The molecule has 0 aromatic heterocycles. The van der Waals surface area contributed by atoms with Gasteiger partial charge in [-0.05, 0) is 54.2 Å². The zero-order chi connectivity index (χ0) is 27.1. The highest BCUT2D eigenvalue weighted by molar-refractivity contribution is 7.92. The average molecular weight is 518 g/mol. The first-order chi connectivity index (χ1) is 16.8. The fourth-order valence-electron chi connectivity index (χ4n) is 3.65. The maximum atomic E-state index is 13.6. The van der Waals surface area contributed by atoms with Gasteiger partial charge in [0.2, 0.25) is 21.8 Å². The van der Waals surface area contributed by atoms with Crippen molar-refractivity contribution in [3.05, 3.63) is 59.7 Å². The van der Waals surface area contributed by atoms with Gasteiger partial charge in [-0.1, -0.05) is 52.0 Å². The first kappa shape index (κ1) is 29.2. The van der Waals surface area contributed by atoms with Crippen LogP contribution in [-0.2, 0) is 31.6 Å². The molecule has 2 amide bonds. The lowest BCUT2D eigenvalue weighted by Gasteiger charge is -2.31. The third-order valence-corrected chi connectivity index (χ3v) is 7.07. The molecule has 198 valence electrons. The van der Waals surface area contributed by atoms with Gasteiger partial charge in [0.25, 0.3) is 0 Å². The molecule has 0 spiro atoms. The van der Waals surface area contributed by atoms with E-state index in [2.05, 4.69) is 26.1 Å². The number of methoxy groups -OCH3 is 1. The van der Waals surface area contributed by atoms with Gasteiger partial charge in [0, 0.05) is 13.1 Å². The van der Waals surface area contributed by atoms with Crippen molar-refractivity contribution in [1.29, 1.82) is 0 Å². The largest absolute Gasteiger partial charge is 0.497 e. The van der Waals surface area contributed by atoms with Crippen molar-refractivity contribution in [3.63, 3.8) is 0 Å². The third-order valence-electron chi connectivity index (χ3n) is 5.93. The van der Waals surface area contributed by atoms with Crippen LogP contribution in [0.1, 0.15) is 52.2 Å². The topological polar surface area (TPSA) is 96.0 Å². The fraction of sp³-hybridized carbons (Fsp3) is 0.481. The maximum Gasteiger partial charge on any atom is 0.244 e. The van der Waals surface area contributed by atoms with E-state index in [0.29, 0.717) is 18.0 Å². The quantitative estimate of drug-likeness (QED) is 0.490. The highest BCUT2D eigenvalue weighted by Gasteiger charge is 2.30. The van der Waals surface area contributed by atoms with Crippen LogP contribution in [0.15, 0.2) is 48.5 Å². The van der Waals surface area contributed by atoms with Crippen molar-refractivity contribution in [3.8, 4) is 5.75 Å². The zero-order valence-corrected chi connectivity index (χ0v) is 23.2. The minimum atomic E-state index is -3.77. The molecule has 1 unspecified atom stereocenters. The van der Waals surface area contributed by atoms with Crippen molar-refractivity contribution in [2.75, 3.05) is 30.8 Å². The summed E-state index contributed by atoms with van der Waals surface area (Å²) in [5.41, 5.74) is 2.14. The molecule has 0 aliphatic heterocycles. The van der Waals surface area contributed by atoms with Crippen LogP contribution < -0.4 is 14.4 Å². The molecule has 0 saturated heterocycles. The molecule has 0 bridgehead atoms. The summed E-state index contributed by atoms with van der Waals surface area (Å²) >= 11 is 0. The number of nitrogens with zero attached hydrogens (tertiary/aromatic N) is 2. The number of amides is 2. The van der Waals surface area contributed by atoms with Gasteiger partial charge in [-0.3, -0.25) is 13.9 Å². The van der Waals surface area contributed by atoms with Gasteiger partial charge in [0.15, 0.2) is 0 Å². The second-order valence-electron chi connectivity index (χ2n) is 9.90. The number of hydrogen-bond donors (Lipinski definition) is 1. The van der Waals surface area contributed by atoms with Crippen LogP contribution in [0.25, 0.3) is 0 Å². The molecule has 0 aliphatic carbocycles. The molecule has 0 saturated carbocycles. The normalized spacial score (nSPS) is 12.5. The predicted octanol–water partition coefficient (Wildman–Crippen LogP) is 3.70. The summed E-state index contributed by atoms with van der Waals surface area (Å²) in [5, 5.41) is 2.82. The molecule has 0 radical (unpaired) electrons. The molecular weight excluding hydrogens is 478 g/mol. The number of sulfonamides is 1. The molecule has 1 atom stereocenters. The molecule has 36 heavy (non-hydrogen) atoms. The lowest BCUT2D eigenvalue weighted by Crippen LogP contribution is -2.51. The Labute approximate surface area is 215 Å². The van der Waals surface area contributed by atoms with Gasteiger partial charge in [-0.2, -0.15) is 0 Å². The molecule has 2 aromatic rings. The Kier molecular flexibility index (Phi) is 9.93. The molecule has 8 nitrogen and oxygen atoms in total. The van der Waals surface area contributed by atoms with Gasteiger partial charge in [-0.15, -0.1) is 0 Å². The van der Waals surface area contributed by atoms with E-state index >= 15 is 0 Å². The summed E-state index contributed by atoms with van der Waals surface area (Å²) < 4.78 is 31.7. The van der Waals surface area contributed by atoms with Gasteiger partial charge in [0.05, 0.1) is 19.1 Å². The maximum absolute atomic E-state index is 13.6. The summed E-state index contributed by atoms with van der Waals surface area (Å²) in [5.74, 6) is -0.0956. The van der Waals surface area contributed by atoms with Crippen LogP contribution in [0.5, 0.6) is 5.75 Å². The number of rotatable bonds is 11. The number of carbonyl (C=O) groups is 2. The number of benzene rings is 2. The first-order valence-electron chi connectivity index (χ1n) is 12.1. The summed E-state index contributed by atoms with van der Waals surface area (Å²) in [6, 6.07) is 13.5. The van der Waals surface area contributed by atoms with Crippen LogP contribution >= 0.6 is 0 Å². The molecule has 0 heterocycles. The molecular formula is C27H39N3O5S. The SMILES string of the molecule is CCCNC(=O)C(C)N(Cc1ccc(OC)cc1)C(=O)CN(c1ccc(C(C)(C)C)cc1)S(C)(=O)=O. The van der Waals surface area contributed by atoms with Gasteiger partial charge in [0.1, 0.15) is 18.3 Å². The Balaban J connectivity index is 2.37. The first-order valence-corrected chi connectivity index (χ1v) is 13.9. The minimum Gasteiger partial charge on any atom is -0.497 e. The van der Waals surface area contributed by atoms with E-state index in [1.165, 1.54) is 4.90 Å². The molecule has 0 fully saturated rings. The summed E-state index contributed by atoms with van der Waals surface area (Å²) in [6.07, 6.45) is 1.83. The molecule has 9 heteroatoms. The lowest BCUT2D eigenvalue weighted by molar-refractivity contribution is -0.139. The Morgan fingerprint density at radius 1 is 1.03 bits per heavy atom. The molecule has 2 rings (SSSR count).